The lowest BCUT2D eigenvalue weighted by atomic mass is 9.92. The number of halogens is 1. The van der Waals surface area contributed by atoms with Crippen LogP contribution in [-0.2, 0) is 14.3 Å². The number of fused-ring (bicyclic) bond motifs is 2. The SMILES string of the molecule is CCOC(=O)C1=NN(c2ccc(Cl)cc2)[C@]23CCC[C@@H]2C(=O)N(C)c2ccccc2N13. The highest BCUT2D eigenvalue weighted by Crippen LogP contribution is 2.54. The number of carbonyl (C=O) groups is 2. The first-order chi connectivity index (χ1) is 15.0. The van der Waals surface area contributed by atoms with Crippen LogP contribution in [0, 0.1) is 5.92 Å². The summed E-state index contributed by atoms with van der Waals surface area (Å²) in [6.07, 6.45) is 2.24. The van der Waals surface area contributed by atoms with Gasteiger partial charge in [-0.05, 0) is 62.6 Å². The Hall–Kier alpha value is -3.06. The molecule has 1 aliphatic carbocycles. The molecule has 1 saturated carbocycles. The molecule has 31 heavy (non-hydrogen) atoms. The number of hydrogen-bond acceptors (Lipinski definition) is 6. The molecule has 0 N–H and O–H groups in total. The van der Waals surface area contributed by atoms with Crippen LogP contribution in [0.5, 0.6) is 0 Å². The van der Waals surface area contributed by atoms with Gasteiger partial charge in [-0.15, -0.1) is 5.10 Å². The summed E-state index contributed by atoms with van der Waals surface area (Å²) in [5.41, 5.74) is 1.46. The number of amides is 1. The molecular formula is C23H23ClN4O3. The second-order valence-electron chi connectivity index (χ2n) is 7.98. The van der Waals surface area contributed by atoms with E-state index in [-0.39, 0.29) is 24.3 Å². The van der Waals surface area contributed by atoms with Crippen molar-refractivity contribution in [2.24, 2.45) is 11.0 Å². The Bertz CT molecular complexity index is 1090. The van der Waals surface area contributed by atoms with Crippen LogP contribution in [0.3, 0.4) is 0 Å². The molecule has 160 valence electrons. The average Bonchev–Trinajstić information content (AvgIpc) is 3.34. The number of para-hydroxylation sites is 2. The molecule has 2 atom stereocenters. The van der Waals surface area contributed by atoms with Crippen molar-refractivity contribution in [3.05, 3.63) is 53.6 Å². The predicted octanol–water partition coefficient (Wildman–Crippen LogP) is 4.02. The Morgan fingerprint density at radius 2 is 1.90 bits per heavy atom. The molecule has 0 saturated heterocycles. The van der Waals surface area contributed by atoms with E-state index in [2.05, 4.69) is 0 Å². The molecule has 8 heteroatoms. The Kier molecular flexibility index (Phi) is 4.66. The van der Waals surface area contributed by atoms with E-state index in [1.807, 2.05) is 46.3 Å². The number of amidine groups is 1. The molecule has 3 aliphatic rings. The van der Waals surface area contributed by atoms with Gasteiger partial charge in [-0.1, -0.05) is 23.7 Å². The maximum atomic E-state index is 13.6. The van der Waals surface area contributed by atoms with E-state index in [9.17, 15) is 9.59 Å². The third kappa shape index (κ3) is 2.76. The number of anilines is 3. The standard InChI is InChI=1S/C23H23ClN4O3/c1-3-31-22(30)20-25-28(16-12-10-15(24)11-13-16)23-14-6-7-17(23)21(29)26(2)18-8-4-5-9-19(18)27(20)23/h4-5,8-13,17H,3,6-7,14H2,1-2H3/t17-,23-/m1/s1. The molecule has 1 amide bonds. The number of ether oxygens (including phenoxy) is 1. The van der Waals surface area contributed by atoms with Gasteiger partial charge >= 0.3 is 5.97 Å². The smallest absolute Gasteiger partial charge is 0.376 e. The highest BCUT2D eigenvalue weighted by atomic mass is 35.5. The summed E-state index contributed by atoms with van der Waals surface area (Å²) in [5.74, 6) is -0.655. The van der Waals surface area contributed by atoms with Crippen molar-refractivity contribution in [1.82, 2.24) is 0 Å². The molecule has 2 heterocycles. The van der Waals surface area contributed by atoms with Gasteiger partial charge in [0.2, 0.25) is 11.7 Å². The summed E-state index contributed by atoms with van der Waals surface area (Å²) in [7, 11) is 1.79. The second kappa shape index (κ2) is 7.27. The third-order valence-corrected chi connectivity index (χ3v) is 6.65. The molecule has 2 aromatic carbocycles. The Morgan fingerprint density at radius 3 is 2.61 bits per heavy atom. The van der Waals surface area contributed by atoms with E-state index in [4.69, 9.17) is 21.4 Å². The highest BCUT2D eigenvalue weighted by Gasteiger charge is 2.63. The molecule has 2 aliphatic heterocycles. The quantitative estimate of drug-likeness (QED) is 0.677. The van der Waals surface area contributed by atoms with Gasteiger partial charge in [-0.2, -0.15) is 0 Å². The van der Waals surface area contributed by atoms with Crippen LogP contribution in [0.15, 0.2) is 53.6 Å². The number of hydrogen-bond donors (Lipinski definition) is 0. The first-order valence-corrected chi connectivity index (χ1v) is 10.8. The van der Waals surface area contributed by atoms with Crippen LogP contribution in [-0.4, -0.2) is 37.0 Å². The van der Waals surface area contributed by atoms with Crippen molar-refractivity contribution in [2.75, 3.05) is 28.5 Å². The molecule has 5 rings (SSSR count). The molecule has 0 bridgehead atoms. The number of benzene rings is 2. The Labute approximate surface area is 185 Å². The maximum Gasteiger partial charge on any atom is 0.376 e. The van der Waals surface area contributed by atoms with Gasteiger partial charge in [0, 0.05) is 12.1 Å². The fourth-order valence-electron chi connectivity index (χ4n) is 5.12. The minimum Gasteiger partial charge on any atom is -0.460 e. The van der Waals surface area contributed by atoms with Crippen molar-refractivity contribution in [3.8, 4) is 0 Å². The zero-order valence-electron chi connectivity index (χ0n) is 17.4. The Balaban J connectivity index is 1.78. The number of rotatable bonds is 3. The van der Waals surface area contributed by atoms with E-state index < -0.39 is 11.6 Å². The van der Waals surface area contributed by atoms with Crippen molar-refractivity contribution < 1.29 is 14.3 Å². The minimum absolute atomic E-state index is 0.0201. The summed E-state index contributed by atoms with van der Waals surface area (Å²) in [5, 5.41) is 7.21. The summed E-state index contributed by atoms with van der Waals surface area (Å²) >= 11 is 6.12. The number of esters is 1. The number of hydrazone groups is 1. The molecule has 2 aromatic rings. The van der Waals surface area contributed by atoms with Gasteiger partial charge in [-0.25, -0.2) is 9.80 Å². The zero-order valence-corrected chi connectivity index (χ0v) is 18.2. The predicted molar refractivity (Wildman–Crippen MR) is 120 cm³/mol. The van der Waals surface area contributed by atoms with Gasteiger partial charge in [0.25, 0.3) is 0 Å². The number of nitrogens with zero attached hydrogens (tertiary/aromatic N) is 4. The lowest BCUT2D eigenvalue weighted by molar-refractivity contribution is -0.135. The summed E-state index contributed by atoms with van der Waals surface area (Å²) in [4.78, 5) is 30.3. The van der Waals surface area contributed by atoms with Gasteiger partial charge in [0.1, 0.15) is 0 Å². The van der Waals surface area contributed by atoms with E-state index in [0.717, 1.165) is 23.5 Å². The number of carbonyl (C=O) groups excluding carboxylic acids is 2. The van der Waals surface area contributed by atoms with Crippen LogP contribution in [0.1, 0.15) is 26.2 Å². The summed E-state index contributed by atoms with van der Waals surface area (Å²) in [6, 6.07) is 15.0. The highest BCUT2D eigenvalue weighted by molar-refractivity contribution is 6.43. The Morgan fingerprint density at radius 1 is 1.19 bits per heavy atom. The summed E-state index contributed by atoms with van der Waals surface area (Å²) < 4.78 is 5.38. The topological polar surface area (TPSA) is 65.5 Å². The van der Waals surface area contributed by atoms with Gasteiger partial charge in [0.15, 0.2) is 5.66 Å². The largest absolute Gasteiger partial charge is 0.460 e. The van der Waals surface area contributed by atoms with E-state index >= 15 is 0 Å². The van der Waals surface area contributed by atoms with E-state index in [1.54, 1.807) is 31.0 Å². The van der Waals surface area contributed by atoms with Crippen LogP contribution in [0.2, 0.25) is 5.02 Å². The molecular weight excluding hydrogens is 416 g/mol. The van der Waals surface area contributed by atoms with Gasteiger partial charge < -0.3 is 9.64 Å². The monoisotopic (exact) mass is 438 g/mol. The first kappa shape index (κ1) is 19.9. The van der Waals surface area contributed by atoms with Gasteiger partial charge in [0.05, 0.1) is 29.6 Å². The fourth-order valence-corrected chi connectivity index (χ4v) is 5.25. The first-order valence-electron chi connectivity index (χ1n) is 10.5. The minimum atomic E-state index is -0.826. The normalized spacial score (nSPS) is 24.4. The molecule has 1 fully saturated rings. The van der Waals surface area contributed by atoms with Crippen LogP contribution >= 0.6 is 11.6 Å². The van der Waals surface area contributed by atoms with Crippen molar-refractivity contribution in [3.63, 3.8) is 0 Å². The lowest BCUT2D eigenvalue weighted by Gasteiger charge is -2.43. The van der Waals surface area contributed by atoms with Crippen LogP contribution < -0.4 is 14.8 Å². The molecule has 0 radical (unpaired) electrons. The van der Waals surface area contributed by atoms with Crippen LogP contribution in [0.4, 0.5) is 17.1 Å². The van der Waals surface area contributed by atoms with Crippen molar-refractivity contribution in [2.45, 2.75) is 31.8 Å². The average molecular weight is 439 g/mol. The second-order valence-corrected chi connectivity index (χ2v) is 8.41. The van der Waals surface area contributed by atoms with E-state index in [1.165, 1.54) is 0 Å². The zero-order chi connectivity index (χ0) is 21.8. The van der Waals surface area contributed by atoms with Crippen molar-refractivity contribution in [1.29, 1.82) is 0 Å². The fraction of sp³-hybridized carbons (Fsp3) is 0.348. The van der Waals surface area contributed by atoms with Crippen molar-refractivity contribution >= 4 is 46.4 Å². The van der Waals surface area contributed by atoms with E-state index in [0.29, 0.717) is 17.9 Å². The third-order valence-electron chi connectivity index (χ3n) is 6.40. The summed E-state index contributed by atoms with van der Waals surface area (Å²) in [6.45, 7) is 2.01. The molecule has 0 unspecified atom stereocenters. The molecule has 1 spiro atoms. The lowest BCUT2D eigenvalue weighted by Crippen LogP contribution is -2.61. The molecule has 0 aromatic heterocycles. The molecule has 7 nitrogen and oxygen atoms in total. The van der Waals surface area contributed by atoms with Gasteiger partial charge in [-0.3, -0.25) is 9.69 Å². The maximum absolute atomic E-state index is 13.6. The van der Waals surface area contributed by atoms with Crippen LogP contribution in [0.25, 0.3) is 0 Å².